The van der Waals surface area contributed by atoms with Gasteiger partial charge in [-0.25, -0.2) is 14.8 Å². The Morgan fingerprint density at radius 3 is 1.83 bits per heavy atom. The molecule has 0 unspecified atom stereocenters. The summed E-state index contributed by atoms with van der Waals surface area (Å²) in [6.45, 7) is 5.67. The SMILES string of the molecule is CCOc1ncc(C)c(-c2c[nH]c(C(=O)N[C@H](CO)c3ccccc3)c2)n1.Cc1cnc(=O)[nH]c1-c1c[nH]c(C(=O)N[C@H](CO)c2ccccc2)c1. The summed E-state index contributed by atoms with van der Waals surface area (Å²) >= 11 is 0. The highest BCUT2D eigenvalue weighted by Crippen LogP contribution is 2.24. The van der Waals surface area contributed by atoms with E-state index in [9.17, 15) is 24.6 Å². The molecule has 4 heterocycles. The van der Waals surface area contributed by atoms with Gasteiger partial charge in [0.15, 0.2) is 0 Å². The number of benzene rings is 2. The maximum absolute atomic E-state index is 12.6. The Morgan fingerprint density at radius 1 is 0.769 bits per heavy atom. The molecule has 0 radical (unpaired) electrons. The Kier molecular flexibility index (Phi) is 12.4. The lowest BCUT2D eigenvalue weighted by Gasteiger charge is -2.16. The number of amides is 2. The summed E-state index contributed by atoms with van der Waals surface area (Å²) in [7, 11) is 0. The molecule has 0 fully saturated rings. The van der Waals surface area contributed by atoms with E-state index in [1.165, 1.54) is 6.20 Å². The number of hydrogen-bond donors (Lipinski definition) is 7. The normalized spacial score (nSPS) is 11.9. The van der Waals surface area contributed by atoms with Gasteiger partial charge in [-0.1, -0.05) is 60.7 Å². The first-order valence-electron chi connectivity index (χ1n) is 16.5. The first-order chi connectivity index (χ1) is 25.2. The standard InChI is InChI=1S/C20H22N4O3.C18H18N4O3/c1-3-27-20-22-10-13(2)18(24-20)15-9-16(21-11-15)19(26)23-17(12-25)14-7-5-4-6-8-14;1-11-8-20-18(25)22-16(11)13-7-14(19-9-13)17(24)21-15(10-23)12-5-3-2-4-6-12/h4-11,17,21,25H,3,12H2,1-2H3,(H,23,26);2-9,15,19,23H,10H2,1H3,(H,21,24)(H,20,22,25)/t17-;15-/m11/s1. The summed E-state index contributed by atoms with van der Waals surface area (Å²) in [4.78, 5) is 57.2. The largest absolute Gasteiger partial charge is 0.464 e. The van der Waals surface area contributed by atoms with Crippen molar-refractivity contribution in [2.45, 2.75) is 32.9 Å². The van der Waals surface area contributed by atoms with E-state index >= 15 is 0 Å². The summed E-state index contributed by atoms with van der Waals surface area (Å²) in [6.07, 6.45) is 6.54. The summed E-state index contributed by atoms with van der Waals surface area (Å²) in [5, 5.41) is 24.8. The minimum absolute atomic E-state index is 0.188. The van der Waals surface area contributed by atoms with E-state index in [0.29, 0.717) is 41.0 Å². The van der Waals surface area contributed by atoms with Gasteiger partial charge in [-0.2, -0.15) is 4.98 Å². The highest BCUT2D eigenvalue weighted by molar-refractivity contribution is 5.94. The van der Waals surface area contributed by atoms with Crippen LogP contribution in [0.3, 0.4) is 0 Å². The summed E-state index contributed by atoms with van der Waals surface area (Å²) < 4.78 is 5.35. The minimum Gasteiger partial charge on any atom is -0.464 e. The molecule has 0 saturated carbocycles. The Labute approximate surface area is 299 Å². The van der Waals surface area contributed by atoms with Crippen molar-refractivity contribution in [2.75, 3.05) is 19.8 Å². The van der Waals surface area contributed by atoms with Crippen molar-refractivity contribution in [3.8, 4) is 28.5 Å². The molecule has 14 heteroatoms. The third-order valence-corrected chi connectivity index (χ3v) is 8.02. The van der Waals surface area contributed by atoms with Crippen LogP contribution in [0.5, 0.6) is 6.01 Å². The molecule has 2 amide bonds. The summed E-state index contributed by atoms with van der Waals surface area (Å²) in [5.41, 5.74) is 6.36. The van der Waals surface area contributed by atoms with Gasteiger partial charge >= 0.3 is 11.7 Å². The smallest absolute Gasteiger partial charge is 0.345 e. The lowest BCUT2D eigenvalue weighted by molar-refractivity contribution is 0.0905. The summed E-state index contributed by atoms with van der Waals surface area (Å²) in [6, 6.07) is 21.3. The van der Waals surface area contributed by atoms with E-state index < -0.39 is 17.8 Å². The average Bonchev–Trinajstić information content (AvgIpc) is 3.87. The molecule has 52 heavy (non-hydrogen) atoms. The topological polar surface area (TPSA) is 211 Å². The first kappa shape index (κ1) is 36.9. The number of carbonyl (C=O) groups excluding carboxylic acids is 2. The molecule has 0 bridgehead atoms. The van der Waals surface area contributed by atoms with Gasteiger partial charge in [-0.3, -0.25) is 9.59 Å². The molecular formula is C38H40N8O6. The van der Waals surface area contributed by atoms with Gasteiger partial charge in [-0.15, -0.1) is 0 Å². The van der Waals surface area contributed by atoms with Gasteiger partial charge in [0.1, 0.15) is 11.4 Å². The van der Waals surface area contributed by atoms with Crippen LogP contribution >= 0.6 is 0 Å². The Balaban J connectivity index is 0.000000202. The highest BCUT2D eigenvalue weighted by atomic mass is 16.5. The fourth-order valence-corrected chi connectivity index (χ4v) is 5.32. The van der Waals surface area contributed by atoms with Crippen LogP contribution in [0.2, 0.25) is 0 Å². The molecule has 268 valence electrons. The second-order valence-electron chi connectivity index (χ2n) is 11.7. The molecular weight excluding hydrogens is 664 g/mol. The highest BCUT2D eigenvalue weighted by Gasteiger charge is 2.19. The maximum Gasteiger partial charge on any atom is 0.345 e. The second-order valence-corrected chi connectivity index (χ2v) is 11.7. The molecule has 7 N–H and O–H groups in total. The van der Waals surface area contributed by atoms with E-state index in [1.807, 2.05) is 81.4 Å². The third-order valence-electron chi connectivity index (χ3n) is 8.02. The van der Waals surface area contributed by atoms with Crippen LogP contribution in [-0.4, -0.2) is 71.8 Å². The van der Waals surface area contributed by atoms with Crippen molar-refractivity contribution in [3.63, 3.8) is 0 Å². The maximum atomic E-state index is 12.6. The number of ether oxygens (including phenoxy) is 1. The molecule has 0 spiro atoms. The van der Waals surface area contributed by atoms with Crippen LogP contribution in [0, 0.1) is 13.8 Å². The van der Waals surface area contributed by atoms with E-state index in [0.717, 1.165) is 27.8 Å². The number of hydrogen-bond acceptors (Lipinski definition) is 9. The van der Waals surface area contributed by atoms with Crippen LogP contribution in [0.4, 0.5) is 0 Å². The van der Waals surface area contributed by atoms with Crippen molar-refractivity contribution in [1.29, 1.82) is 0 Å². The van der Waals surface area contributed by atoms with Crippen LogP contribution in [-0.2, 0) is 0 Å². The Hall–Kier alpha value is -6.38. The Morgan fingerprint density at radius 2 is 1.29 bits per heavy atom. The Bertz CT molecular complexity index is 2150. The zero-order chi connectivity index (χ0) is 37.0. The number of aromatic nitrogens is 6. The number of nitrogens with zero attached hydrogens (tertiary/aromatic N) is 3. The molecule has 0 saturated heterocycles. The van der Waals surface area contributed by atoms with Crippen molar-refractivity contribution >= 4 is 11.8 Å². The molecule has 6 aromatic rings. The monoisotopic (exact) mass is 704 g/mol. The first-order valence-corrected chi connectivity index (χ1v) is 16.5. The van der Waals surface area contributed by atoms with Crippen LogP contribution in [0.25, 0.3) is 22.5 Å². The molecule has 14 nitrogen and oxygen atoms in total. The quantitative estimate of drug-likeness (QED) is 0.0973. The molecule has 0 aliphatic heterocycles. The third kappa shape index (κ3) is 9.24. The van der Waals surface area contributed by atoms with E-state index in [2.05, 4.69) is 40.5 Å². The predicted octanol–water partition coefficient (Wildman–Crippen LogP) is 4.18. The number of aryl methyl sites for hydroxylation is 2. The minimum atomic E-state index is -0.497. The number of rotatable bonds is 12. The van der Waals surface area contributed by atoms with E-state index in [1.54, 1.807) is 30.7 Å². The van der Waals surface area contributed by atoms with E-state index in [-0.39, 0.29) is 25.0 Å². The average molecular weight is 705 g/mol. The fourth-order valence-electron chi connectivity index (χ4n) is 5.32. The van der Waals surface area contributed by atoms with Gasteiger partial charge in [0.05, 0.1) is 43.3 Å². The molecule has 0 aliphatic rings. The fraction of sp³-hybridized carbons (Fsp3) is 0.211. The van der Waals surface area contributed by atoms with E-state index in [4.69, 9.17) is 4.74 Å². The van der Waals surface area contributed by atoms with Crippen LogP contribution in [0.15, 0.2) is 102 Å². The van der Waals surface area contributed by atoms with Crippen molar-refractivity contribution in [1.82, 2.24) is 40.5 Å². The zero-order valence-corrected chi connectivity index (χ0v) is 28.9. The van der Waals surface area contributed by atoms with Gasteiger partial charge in [0.25, 0.3) is 11.8 Å². The lowest BCUT2D eigenvalue weighted by atomic mass is 10.1. The van der Waals surface area contributed by atoms with Gasteiger partial charge in [-0.05, 0) is 55.2 Å². The van der Waals surface area contributed by atoms with Gasteiger partial charge < -0.3 is 40.5 Å². The number of H-pyrrole nitrogens is 3. The summed E-state index contributed by atoms with van der Waals surface area (Å²) in [5.74, 6) is -0.649. The van der Waals surface area contributed by atoms with Gasteiger partial charge in [0, 0.05) is 35.9 Å². The predicted molar refractivity (Wildman–Crippen MR) is 195 cm³/mol. The molecule has 2 atom stereocenters. The van der Waals surface area contributed by atoms with Crippen molar-refractivity contribution in [2.24, 2.45) is 0 Å². The molecule has 4 aromatic heterocycles. The van der Waals surface area contributed by atoms with Crippen molar-refractivity contribution < 1.29 is 24.5 Å². The number of aromatic amines is 3. The van der Waals surface area contributed by atoms with Crippen molar-refractivity contribution in [3.05, 3.63) is 142 Å². The molecule has 2 aromatic carbocycles. The molecule has 0 aliphatic carbocycles. The number of nitrogens with one attached hydrogen (secondary N) is 5. The number of aliphatic hydroxyl groups is 2. The second kappa shape index (κ2) is 17.5. The number of carbonyl (C=O) groups is 2. The lowest BCUT2D eigenvalue weighted by Crippen LogP contribution is -2.30. The zero-order valence-electron chi connectivity index (χ0n) is 28.9. The van der Waals surface area contributed by atoms with Gasteiger partial charge in [0.2, 0.25) is 0 Å². The number of aliphatic hydroxyl groups excluding tert-OH is 2. The molecule has 6 rings (SSSR count). The van der Waals surface area contributed by atoms with Crippen LogP contribution < -0.4 is 21.1 Å². The van der Waals surface area contributed by atoms with Crippen LogP contribution in [0.1, 0.15) is 62.2 Å².